The summed E-state index contributed by atoms with van der Waals surface area (Å²) in [7, 11) is 0. The van der Waals surface area contributed by atoms with Gasteiger partial charge >= 0.3 is 0 Å². The summed E-state index contributed by atoms with van der Waals surface area (Å²) in [5, 5.41) is 3.19. The standard InChI is InChI=1S/C6H10BrN3S/c7-6-10-4-5(11-6)3-9-2-1-8/h4,9H,1-3,8H2. The molecule has 5 heteroatoms. The van der Waals surface area contributed by atoms with E-state index >= 15 is 0 Å². The van der Waals surface area contributed by atoms with Gasteiger partial charge in [-0.1, -0.05) is 0 Å². The van der Waals surface area contributed by atoms with Crippen LogP contribution < -0.4 is 11.1 Å². The molecule has 0 amide bonds. The van der Waals surface area contributed by atoms with Gasteiger partial charge in [-0.2, -0.15) is 0 Å². The first-order valence-corrected chi connectivity index (χ1v) is 4.95. The third-order valence-corrected chi connectivity index (χ3v) is 2.62. The predicted octanol–water partition coefficient (Wildman–Crippen LogP) is 0.954. The van der Waals surface area contributed by atoms with Gasteiger partial charge < -0.3 is 11.1 Å². The Bertz CT molecular complexity index is 213. The average Bonchev–Trinajstić information content (AvgIpc) is 2.37. The Labute approximate surface area is 78.1 Å². The van der Waals surface area contributed by atoms with Gasteiger partial charge in [0.25, 0.3) is 0 Å². The zero-order chi connectivity index (χ0) is 8.10. The predicted molar refractivity (Wildman–Crippen MR) is 50.6 cm³/mol. The quantitative estimate of drug-likeness (QED) is 0.765. The molecule has 3 N–H and O–H groups in total. The molecule has 1 heterocycles. The van der Waals surface area contributed by atoms with E-state index in [0.29, 0.717) is 6.54 Å². The van der Waals surface area contributed by atoms with Gasteiger partial charge in [-0.25, -0.2) is 4.98 Å². The highest BCUT2D eigenvalue weighted by molar-refractivity contribution is 9.11. The maximum atomic E-state index is 5.31. The van der Waals surface area contributed by atoms with Crippen molar-refractivity contribution in [3.63, 3.8) is 0 Å². The SMILES string of the molecule is NCCNCc1cnc(Br)s1. The van der Waals surface area contributed by atoms with Crippen molar-refractivity contribution >= 4 is 27.3 Å². The lowest BCUT2D eigenvalue weighted by Crippen LogP contribution is -2.21. The van der Waals surface area contributed by atoms with Gasteiger partial charge in [-0.15, -0.1) is 11.3 Å². The molecular formula is C6H10BrN3S. The normalized spacial score (nSPS) is 10.4. The van der Waals surface area contributed by atoms with Crippen molar-refractivity contribution in [2.24, 2.45) is 5.73 Å². The van der Waals surface area contributed by atoms with Crippen LogP contribution in [0.25, 0.3) is 0 Å². The molecule has 0 aliphatic heterocycles. The van der Waals surface area contributed by atoms with Crippen molar-refractivity contribution in [2.45, 2.75) is 6.54 Å². The van der Waals surface area contributed by atoms with E-state index in [0.717, 1.165) is 17.0 Å². The molecule has 11 heavy (non-hydrogen) atoms. The number of nitrogens with two attached hydrogens (primary N) is 1. The number of nitrogens with one attached hydrogen (secondary N) is 1. The lowest BCUT2D eigenvalue weighted by atomic mass is 10.5. The van der Waals surface area contributed by atoms with Gasteiger partial charge in [0.2, 0.25) is 0 Å². The molecule has 0 unspecified atom stereocenters. The largest absolute Gasteiger partial charge is 0.329 e. The Kier molecular flexibility index (Phi) is 3.99. The monoisotopic (exact) mass is 235 g/mol. The Hall–Kier alpha value is 0.0300. The third-order valence-electron chi connectivity index (χ3n) is 1.15. The highest BCUT2D eigenvalue weighted by Gasteiger charge is 1.96. The van der Waals surface area contributed by atoms with Crippen LogP contribution in [0.15, 0.2) is 10.1 Å². The van der Waals surface area contributed by atoms with Crippen LogP contribution in [-0.2, 0) is 6.54 Å². The Balaban J connectivity index is 2.27. The molecule has 62 valence electrons. The summed E-state index contributed by atoms with van der Waals surface area (Å²) in [6.45, 7) is 2.40. The maximum absolute atomic E-state index is 5.31. The van der Waals surface area contributed by atoms with Crippen LogP contribution in [0.2, 0.25) is 0 Å². The zero-order valence-corrected chi connectivity index (χ0v) is 8.41. The number of nitrogens with zero attached hydrogens (tertiary/aromatic N) is 1. The van der Waals surface area contributed by atoms with Crippen molar-refractivity contribution < 1.29 is 0 Å². The fourth-order valence-corrected chi connectivity index (χ4v) is 2.01. The van der Waals surface area contributed by atoms with E-state index in [2.05, 4.69) is 26.2 Å². The van der Waals surface area contributed by atoms with Crippen LogP contribution in [0.1, 0.15) is 4.88 Å². The topological polar surface area (TPSA) is 50.9 Å². The molecule has 3 nitrogen and oxygen atoms in total. The molecule has 0 aliphatic carbocycles. The Morgan fingerprint density at radius 2 is 2.55 bits per heavy atom. The molecule has 0 aliphatic rings. The molecule has 0 spiro atoms. The van der Waals surface area contributed by atoms with Crippen LogP contribution in [0, 0.1) is 0 Å². The minimum atomic E-state index is 0.681. The number of rotatable bonds is 4. The number of hydrogen-bond donors (Lipinski definition) is 2. The number of thiazole rings is 1. The molecule has 0 bridgehead atoms. The van der Waals surface area contributed by atoms with E-state index in [9.17, 15) is 0 Å². The van der Waals surface area contributed by atoms with Gasteiger partial charge in [0.15, 0.2) is 3.92 Å². The highest BCUT2D eigenvalue weighted by atomic mass is 79.9. The smallest absolute Gasteiger partial charge is 0.159 e. The molecule has 0 atom stereocenters. The van der Waals surface area contributed by atoms with Crippen LogP contribution >= 0.6 is 27.3 Å². The molecule has 0 radical (unpaired) electrons. The first-order chi connectivity index (χ1) is 5.33. The molecule has 0 aromatic carbocycles. The summed E-state index contributed by atoms with van der Waals surface area (Å²) < 4.78 is 0.932. The summed E-state index contributed by atoms with van der Waals surface area (Å²) in [5.74, 6) is 0. The van der Waals surface area contributed by atoms with Crippen LogP contribution in [0.5, 0.6) is 0 Å². The molecular weight excluding hydrogens is 226 g/mol. The fraction of sp³-hybridized carbons (Fsp3) is 0.500. The van der Waals surface area contributed by atoms with E-state index in [1.165, 1.54) is 4.88 Å². The minimum Gasteiger partial charge on any atom is -0.329 e. The third kappa shape index (κ3) is 3.29. The molecule has 0 saturated carbocycles. The Morgan fingerprint density at radius 1 is 1.73 bits per heavy atom. The van der Waals surface area contributed by atoms with Gasteiger partial charge in [-0.3, -0.25) is 0 Å². The van der Waals surface area contributed by atoms with Crippen LogP contribution in [0.3, 0.4) is 0 Å². The van der Waals surface area contributed by atoms with E-state index < -0.39 is 0 Å². The average molecular weight is 236 g/mol. The van der Waals surface area contributed by atoms with Crippen molar-refractivity contribution in [3.8, 4) is 0 Å². The molecule has 0 saturated heterocycles. The molecule has 1 rings (SSSR count). The van der Waals surface area contributed by atoms with Gasteiger partial charge in [-0.05, 0) is 15.9 Å². The van der Waals surface area contributed by atoms with E-state index in [4.69, 9.17) is 5.73 Å². The van der Waals surface area contributed by atoms with Crippen molar-refractivity contribution in [3.05, 3.63) is 15.0 Å². The zero-order valence-electron chi connectivity index (χ0n) is 6.01. The first-order valence-electron chi connectivity index (χ1n) is 3.34. The Morgan fingerprint density at radius 3 is 3.09 bits per heavy atom. The minimum absolute atomic E-state index is 0.681. The highest BCUT2D eigenvalue weighted by Crippen LogP contribution is 2.17. The summed E-state index contributed by atoms with van der Waals surface area (Å²) in [6, 6.07) is 0. The molecule has 0 fully saturated rings. The lowest BCUT2D eigenvalue weighted by Gasteiger charge is -1.97. The van der Waals surface area contributed by atoms with Crippen LogP contribution in [0.4, 0.5) is 0 Å². The fourth-order valence-electron chi connectivity index (χ4n) is 0.679. The number of aromatic nitrogens is 1. The van der Waals surface area contributed by atoms with Gasteiger partial charge in [0.05, 0.1) is 0 Å². The van der Waals surface area contributed by atoms with Crippen molar-refractivity contribution in [1.82, 2.24) is 10.3 Å². The second-order valence-corrected chi connectivity index (χ2v) is 4.44. The number of hydrogen-bond acceptors (Lipinski definition) is 4. The maximum Gasteiger partial charge on any atom is 0.159 e. The second-order valence-electron chi connectivity index (χ2n) is 2.04. The van der Waals surface area contributed by atoms with Gasteiger partial charge in [0.1, 0.15) is 0 Å². The lowest BCUT2D eigenvalue weighted by molar-refractivity contribution is 0.701. The second kappa shape index (κ2) is 4.82. The number of halogens is 1. The summed E-state index contributed by atoms with van der Waals surface area (Å²) in [6.07, 6.45) is 1.86. The molecule has 1 aromatic rings. The van der Waals surface area contributed by atoms with E-state index in [1.807, 2.05) is 6.20 Å². The summed E-state index contributed by atoms with van der Waals surface area (Å²) in [5.41, 5.74) is 5.31. The van der Waals surface area contributed by atoms with E-state index in [-0.39, 0.29) is 0 Å². The van der Waals surface area contributed by atoms with Crippen LogP contribution in [-0.4, -0.2) is 18.1 Å². The summed E-state index contributed by atoms with van der Waals surface area (Å²) >= 11 is 4.94. The van der Waals surface area contributed by atoms with Gasteiger partial charge in [0, 0.05) is 30.7 Å². The van der Waals surface area contributed by atoms with Crippen molar-refractivity contribution in [2.75, 3.05) is 13.1 Å². The molecule has 1 aromatic heterocycles. The van der Waals surface area contributed by atoms with Crippen molar-refractivity contribution in [1.29, 1.82) is 0 Å². The first kappa shape index (κ1) is 9.12. The summed E-state index contributed by atoms with van der Waals surface area (Å²) in [4.78, 5) is 5.29. The van der Waals surface area contributed by atoms with E-state index in [1.54, 1.807) is 11.3 Å².